The Hall–Kier alpha value is -0.770. The number of aliphatic imine (C=N–C) groups is 1. The molecule has 1 unspecified atom stereocenters. The van der Waals surface area contributed by atoms with Gasteiger partial charge in [-0.15, -0.1) is 24.8 Å². The summed E-state index contributed by atoms with van der Waals surface area (Å²) in [5.41, 5.74) is 3.00. The summed E-state index contributed by atoms with van der Waals surface area (Å²) in [4.78, 5) is 7.00. The van der Waals surface area contributed by atoms with Crippen molar-refractivity contribution in [2.75, 3.05) is 26.2 Å². The first-order valence-electron chi connectivity index (χ1n) is 6.43. The van der Waals surface area contributed by atoms with E-state index >= 15 is 0 Å². The van der Waals surface area contributed by atoms with Crippen molar-refractivity contribution in [3.63, 3.8) is 0 Å². The number of nitrogens with one attached hydrogen (secondary N) is 1. The lowest BCUT2D eigenvalue weighted by Crippen LogP contribution is -2.40. The molecular formula is C14H21Cl2N3. The summed E-state index contributed by atoms with van der Waals surface area (Å²) in [6.45, 7) is 6.35. The van der Waals surface area contributed by atoms with Crippen LogP contribution in [0.4, 0.5) is 0 Å². The smallest absolute Gasteiger partial charge is 0.111 e. The molecule has 1 atom stereocenters. The maximum absolute atomic E-state index is 4.48. The molecule has 0 bridgehead atoms. The van der Waals surface area contributed by atoms with Crippen LogP contribution >= 0.6 is 24.8 Å². The van der Waals surface area contributed by atoms with E-state index in [9.17, 15) is 0 Å². The molecule has 5 heteroatoms. The van der Waals surface area contributed by atoms with Gasteiger partial charge in [-0.2, -0.15) is 0 Å². The summed E-state index contributed by atoms with van der Waals surface area (Å²) in [6, 6.07) is 9.31. The molecule has 1 aromatic carbocycles. The van der Waals surface area contributed by atoms with Crippen LogP contribution in [0.25, 0.3) is 0 Å². The van der Waals surface area contributed by atoms with E-state index in [1.165, 1.54) is 11.1 Å². The fourth-order valence-electron chi connectivity index (χ4n) is 2.79. The lowest BCUT2D eigenvalue weighted by molar-refractivity contribution is 0.227. The van der Waals surface area contributed by atoms with Crippen LogP contribution in [0, 0.1) is 0 Å². The number of hydrogen-bond donors (Lipinski definition) is 1. The largest absolute Gasteiger partial charge is 0.371 e. The van der Waals surface area contributed by atoms with Gasteiger partial charge in [-0.3, -0.25) is 9.89 Å². The highest BCUT2D eigenvalue weighted by atomic mass is 35.5. The zero-order valence-electron chi connectivity index (χ0n) is 11.1. The van der Waals surface area contributed by atoms with Gasteiger partial charge in [-0.1, -0.05) is 24.3 Å². The quantitative estimate of drug-likeness (QED) is 0.909. The van der Waals surface area contributed by atoms with Gasteiger partial charge in [-0.25, -0.2) is 0 Å². The second kappa shape index (κ2) is 7.13. The molecule has 0 saturated heterocycles. The molecule has 2 aliphatic heterocycles. The minimum atomic E-state index is 0. The molecule has 3 rings (SSSR count). The first-order chi connectivity index (χ1) is 8.34. The van der Waals surface area contributed by atoms with E-state index in [0.717, 1.165) is 38.4 Å². The summed E-state index contributed by atoms with van der Waals surface area (Å²) in [5, 5.41) is 3.36. The molecule has 0 fully saturated rings. The second-order valence-corrected chi connectivity index (χ2v) is 4.85. The standard InChI is InChI=1S/C14H19N3.2ClH/c1-11-13-5-3-2-4-12(13)6-9-17(11)10-14-15-7-8-16-14;;/h2-5,11H,6-10H2,1H3,(H,15,16);2*1H. The Bertz CT molecular complexity index is 448. The number of benzene rings is 1. The highest BCUT2D eigenvalue weighted by molar-refractivity contribution is 5.86. The molecule has 3 nitrogen and oxygen atoms in total. The molecule has 0 aliphatic carbocycles. The summed E-state index contributed by atoms with van der Waals surface area (Å²) < 4.78 is 0. The normalized spacial score (nSPS) is 21.5. The molecule has 2 heterocycles. The number of hydrogen-bond acceptors (Lipinski definition) is 3. The second-order valence-electron chi connectivity index (χ2n) is 4.85. The number of rotatable bonds is 2. The number of nitrogens with zero attached hydrogens (tertiary/aromatic N) is 2. The van der Waals surface area contributed by atoms with Gasteiger partial charge in [0.25, 0.3) is 0 Å². The van der Waals surface area contributed by atoms with E-state index in [0.29, 0.717) is 6.04 Å². The van der Waals surface area contributed by atoms with Crippen molar-refractivity contribution in [3.8, 4) is 0 Å². The predicted molar refractivity (Wildman–Crippen MR) is 84.9 cm³/mol. The SMILES string of the molecule is CC1c2ccccc2CCN1CC1=NCCN1.Cl.Cl. The van der Waals surface area contributed by atoms with Crippen molar-refractivity contribution < 1.29 is 0 Å². The number of amidine groups is 1. The van der Waals surface area contributed by atoms with Gasteiger partial charge in [-0.05, 0) is 24.5 Å². The van der Waals surface area contributed by atoms with Crippen molar-refractivity contribution in [2.45, 2.75) is 19.4 Å². The predicted octanol–water partition coefficient (Wildman–Crippen LogP) is 2.45. The average molecular weight is 302 g/mol. The van der Waals surface area contributed by atoms with Crippen LogP contribution in [0.3, 0.4) is 0 Å². The van der Waals surface area contributed by atoms with E-state index in [4.69, 9.17) is 0 Å². The van der Waals surface area contributed by atoms with Gasteiger partial charge in [0, 0.05) is 19.1 Å². The molecule has 0 radical (unpaired) electrons. The Labute approximate surface area is 127 Å². The molecule has 0 spiro atoms. The fraction of sp³-hybridized carbons (Fsp3) is 0.500. The van der Waals surface area contributed by atoms with Crippen molar-refractivity contribution in [1.82, 2.24) is 10.2 Å². The van der Waals surface area contributed by atoms with Crippen LogP contribution in [0.2, 0.25) is 0 Å². The van der Waals surface area contributed by atoms with Gasteiger partial charge in [0.1, 0.15) is 5.84 Å². The lowest BCUT2D eigenvalue weighted by Gasteiger charge is -2.35. The third-order valence-electron chi connectivity index (χ3n) is 3.82. The molecule has 2 aliphatic rings. The molecule has 0 saturated carbocycles. The van der Waals surface area contributed by atoms with Crippen LogP contribution in [-0.4, -0.2) is 36.9 Å². The van der Waals surface area contributed by atoms with Crippen LogP contribution in [0.1, 0.15) is 24.1 Å². The Balaban J connectivity index is 0.000000902. The van der Waals surface area contributed by atoms with Crippen LogP contribution in [0.15, 0.2) is 29.3 Å². The average Bonchev–Trinajstić information content (AvgIpc) is 2.86. The Morgan fingerprint density at radius 1 is 1.32 bits per heavy atom. The topological polar surface area (TPSA) is 27.6 Å². The van der Waals surface area contributed by atoms with Crippen molar-refractivity contribution in [3.05, 3.63) is 35.4 Å². The summed E-state index contributed by atoms with van der Waals surface area (Å²) >= 11 is 0. The lowest BCUT2D eigenvalue weighted by atomic mass is 9.94. The van der Waals surface area contributed by atoms with Gasteiger partial charge in [0.15, 0.2) is 0 Å². The molecule has 0 amide bonds. The third-order valence-corrected chi connectivity index (χ3v) is 3.82. The van der Waals surface area contributed by atoms with Crippen LogP contribution in [-0.2, 0) is 6.42 Å². The van der Waals surface area contributed by atoms with E-state index in [-0.39, 0.29) is 24.8 Å². The Kier molecular flexibility index (Phi) is 6.11. The molecule has 0 aromatic heterocycles. The first-order valence-corrected chi connectivity index (χ1v) is 6.43. The van der Waals surface area contributed by atoms with Gasteiger partial charge in [0.2, 0.25) is 0 Å². The van der Waals surface area contributed by atoms with E-state index in [2.05, 4.69) is 46.4 Å². The summed E-state index contributed by atoms with van der Waals surface area (Å²) in [5.74, 6) is 1.16. The Morgan fingerprint density at radius 3 is 2.84 bits per heavy atom. The molecule has 106 valence electrons. The maximum Gasteiger partial charge on any atom is 0.111 e. The van der Waals surface area contributed by atoms with Crippen molar-refractivity contribution in [2.24, 2.45) is 4.99 Å². The summed E-state index contributed by atoms with van der Waals surface area (Å²) in [6.07, 6.45) is 1.16. The zero-order chi connectivity index (χ0) is 11.7. The third kappa shape index (κ3) is 3.41. The highest BCUT2D eigenvalue weighted by Gasteiger charge is 2.24. The number of fused-ring (bicyclic) bond motifs is 1. The molecule has 1 N–H and O–H groups in total. The minimum Gasteiger partial charge on any atom is -0.371 e. The molecule has 1 aromatic rings. The first kappa shape index (κ1) is 16.3. The molecular weight excluding hydrogens is 281 g/mol. The van der Waals surface area contributed by atoms with Gasteiger partial charge >= 0.3 is 0 Å². The van der Waals surface area contributed by atoms with Crippen molar-refractivity contribution >= 4 is 30.6 Å². The van der Waals surface area contributed by atoms with Gasteiger partial charge < -0.3 is 5.32 Å². The van der Waals surface area contributed by atoms with E-state index in [1.807, 2.05) is 0 Å². The maximum atomic E-state index is 4.48. The fourth-order valence-corrected chi connectivity index (χ4v) is 2.79. The highest BCUT2D eigenvalue weighted by Crippen LogP contribution is 2.28. The minimum absolute atomic E-state index is 0. The monoisotopic (exact) mass is 301 g/mol. The van der Waals surface area contributed by atoms with Crippen LogP contribution in [0.5, 0.6) is 0 Å². The zero-order valence-corrected chi connectivity index (χ0v) is 12.8. The van der Waals surface area contributed by atoms with E-state index < -0.39 is 0 Å². The van der Waals surface area contributed by atoms with E-state index in [1.54, 1.807) is 0 Å². The Morgan fingerprint density at radius 2 is 2.11 bits per heavy atom. The molecule has 19 heavy (non-hydrogen) atoms. The van der Waals surface area contributed by atoms with Gasteiger partial charge in [0.05, 0.1) is 13.1 Å². The van der Waals surface area contributed by atoms with Crippen LogP contribution < -0.4 is 5.32 Å². The van der Waals surface area contributed by atoms with Crippen molar-refractivity contribution in [1.29, 1.82) is 0 Å². The summed E-state index contributed by atoms with van der Waals surface area (Å²) in [7, 11) is 0. The number of halogens is 2.